The van der Waals surface area contributed by atoms with Crippen molar-refractivity contribution >= 4 is 34.1 Å². The molecule has 1 aliphatic heterocycles. The average molecular weight is 349 g/mol. The highest BCUT2D eigenvalue weighted by Crippen LogP contribution is 2.37. The molecule has 8 nitrogen and oxygen atoms in total. The molecule has 0 spiro atoms. The monoisotopic (exact) mass is 349 g/mol. The SMILES string of the molecule is COC(=O)c1c(NC(=O)c2ccno2)sc2c1CCN(C(C)=O)C2. The number of hydrogen-bond acceptors (Lipinski definition) is 7. The van der Waals surface area contributed by atoms with Crippen molar-refractivity contribution in [2.75, 3.05) is 19.0 Å². The lowest BCUT2D eigenvalue weighted by atomic mass is 10.0. The normalized spacial score (nSPS) is 13.3. The van der Waals surface area contributed by atoms with Gasteiger partial charge in [0, 0.05) is 24.4 Å². The van der Waals surface area contributed by atoms with Crippen LogP contribution in [0.3, 0.4) is 0 Å². The number of aromatic nitrogens is 1. The van der Waals surface area contributed by atoms with E-state index >= 15 is 0 Å². The molecule has 0 saturated carbocycles. The Morgan fingerprint density at radius 2 is 2.21 bits per heavy atom. The maximum Gasteiger partial charge on any atom is 0.341 e. The number of nitrogens with zero attached hydrogens (tertiary/aromatic N) is 2. The van der Waals surface area contributed by atoms with Crippen LogP contribution in [0.1, 0.15) is 38.3 Å². The standard InChI is InChI=1S/C15H15N3O5S/c1-8(19)18-6-4-9-11(7-18)24-14(12(9)15(21)22-2)17-13(20)10-3-5-16-23-10/h3,5H,4,6-7H2,1-2H3,(H,17,20). The van der Waals surface area contributed by atoms with Crippen LogP contribution in [0.2, 0.25) is 0 Å². The molecule has 0 aliphatic carbocycles. The summed E-state index contributed by atoms with van der Waals surface area (Å²) >= 11 is 1.26. The first-order chi connectivity index (χ1) is 11.5. The van der Waals surface area contributed by atoms with Crippen LogP contribution in [0.4, 0.5) is 5.00 Å². The molecule has 1 N–H and O–H groups in total. The van der Waals surface area contributed by atoms with Crippen LogP contribution in [-0.2, 0) is 22.5 Å². The molecule has 24 heavy (non-hydrogen) atoms. The van der Waals surface area contributed by atoms with Crippen LogP contribution < -0.4 is 5.32 Å². The van der Waals surface area contributed by atoms with Crippen molar-refractivity contribution < 1.29 is 23.6 Å². The summed E-state index contributed by atoms with van der Waals surface area (Å²) < 4.78 is 9.67. The lowest BCUT2D eigenvalue weighted by Crippen LogP contribution is -2.33. The van der Waals surface area contributed by atoms with Crippen LogP contribution in [-0.4, -0.2) is 41.5 Å². The second-order valence-corrected chi connectivity index (χ2v) is 6.33. The topological polar surface area (TPSA) is 102 Å². The van der Waals surface area contributed by atoms with Gasteiger partial charge < -0.3 is 19.5 Å². The molecule has 3 heterocycles. The van der Waals surface area contributed by atoms with Gasteiger partial charge in [0.25, 0.3) is 5.91 Å². The van der Waals surface area contributed by atoms with E-state index in [0.717, 1.165) is 10.4 Å². The highest BCUT2D eigenvalue weighted by Gasteiger charge is 2.30. The zero-order chi connectivity index (χ0) is 17.3. The quantitative estimate of drug-likeness (QED) is 0.846. The predicted octanol–water partition coefficient (Wildman–Crippen LogP) is 1.68. The zero-order valence-electron chi connectivity index (χ0n) is 13.1. The van der Waals surface area contributed by atoms with Gasteiger partial charge in [-0.3, -0.25) is 9.59 Å². The van der Waals surface area contributed by atoms with E-state index in [-0.39, 0.29) is 11.7 Å². The third-order valence-corrected chi connectivity index (χ3v) is 4.91. The highest BCUT2D eigenvalue weighted by atomic mass is 32.1. The second kappa shape index (κ2) is 6.44. The minimum atomic E-state index is -0.517. The summed E-state index contributed by atoms with van der Waals surface area (Å²) in [6, 6.07) is 1.43. The van der Waals surface area contributed by atoms with Crippen molar-refractivity contribution in [3.8, 4) is 0 Å². The Bertz CT molecular complexity index is 796. The Balaban J connectivity index is 1.95. The first-order valence-electron chi connectivity index (χ1n) is 7.21. The van der Waals surface area contributed by atoms with Gasteiger partial charge in [-0.05, 0) is 12.0 Å². The van der Waals surface area contributed by atoms with Crippen molar-refractivity contribution in [1.29, 1.82) is 0 Å². The third-order valence-electron chi connectivity index (χ3n) is 3.78. The molecule has 0 bridgehead atoms. The maximum atomic E-state index is 12.2. The van der Waals surface area contributed by atoms with Gasteiger partial charge in [0.1, 0.15) is 5.00 Å². The predicted molar refractivity (Wildman–Crippen MR) is 84.9 cm³/mol. The van der Waals surface area contributed by atoms with Crippen LogP contribution in [0.15, 0.2) is 16.8 Å². The van der Waals surface area contributed by atoms with Gasteiger partial charge in [0.05, 0.1) is 25.4 Å². The third kappa shape index (κ3) is 2.90. The molecule has 2 aromatic heterocycles. The van der Waals surface area contributed by atoms with E-state index in [1.807, 2.05) is 0 Å². The van der Waals surface area contributed by atoms with E-state index in [2.05, 4.69) is 10.5 Å². The second-order valence-electron chi connectivity index (χ2n) is 5.22. The molecule has 1 aliphatic rings. The maximum absolute atomic E-state index is 12.2. The fourth-order valence-corrected chi connectivity index (χ4v) is 3.82. The van der Waals surface area contributed by atoms with Crippen LogP contribution in [0.5, 0.6) is 0 Å². The highest BCUT2D eigenvalue weighted by molar-refractivity contribution is 7.17. The lowest BCUT2D eigenvalue weighted by Gasteiger charge is -2.25. The average Bonchev–Trinajstić information content (AvgIpc) is 3.20. The number of amides is 2. The first-order valence-corrected chi connectivity index (χ1v) is 8.03. The summed E-state index contributed by atoms with van der Waals surface area (Å²) in [7, 11) is 1.29. The molecular formula is C15H15N3O5S. The molecule has 2 amide bonds. The van der Waals surface area contributed by atoms with Crippen LogP contribution in [0.25, 0.3) is 0 Å². The van der Waals surface area contributed by atoms with Crippen LogP contribution in [0, 0.1) is 0 Å². The Labute approximate surface area is 141 Å². The molecule has 0 unspecified atom stereocenters. The number of esters is 1. The van der Waals surface area contributed by atoms with Gasteiger partial charge in [-0.15, -0.1) is 11.3 Å². The van der Waals surface area contributed by atoms with E-state index in [0.29, 0.717) is 30.1 Å². The molecule has 0 radical (unpaired) electrons. The van der Waals surface area contributed by atoms with Crippen molar-refractivity contribution in [1.82, 2.24) is 10.1 Å². The fraction of sp³-hybridized carbons (Fsp3) is 0.333. The number of thiophene rings is 1. The molecule has 3 rings (SSSR count). The molecule has 0 atom stereocenters. The van der Waals surface area contributed by atoms with E-state index in [4.69, 9.17) is 9.26 Å². The molecule has 0 fully saturated rings. The minimum absolute atomic E-state index is 0.0269. The Morgan fingerprint density at radius 1 is 1.42 bits per heavy atom. The smallest absolute Gasteiger partial charge is 0.341 e. The number of hydrogen-bond donors (Lipinski definition) is 1. The van der Waals surface area contributed by atoms with Gasteiger partial charge in [-0.1, -0.05) is 5.16 Å². The number of carbonyl (C=O) groups excluding carboxylic acids is 3. The van der Waals surface area contributed by atoms with E-state index in [1.165, 1.54) is 37.6 Å². The van der Waals surface area contributed by atoms with Crippen molar-refractivity contribution in [3.05, 3.63) is 34.0 Å². The summed E-state index contributed by atoms with van der Waals surface area (Å²) in [5.74, 6) is -1.00. The number of methoxy groups -OCH3 is 1. The summed E-state index contributed by atoms with van der Waals surface area (Å²) in [5, 5.41) is 6.54. The van der Waals surface area contributed by atoms with E-state index < -0.39 is 11.9 Å². The Hall–Kier alpha value is -2.68. The molecule has 0 saturated heterocycles. The lowest BCUT2D eigenvalue weighted by molar-refractivity contribution is -0.129. The molecule has 2 aromatic rings. The van der Waals surface area contributed by atoms with E-state index in [9.17, 15) is 14.4 Å². The van der Waals surface area contributed by atoms with E-state index in [1.54, 1.807) is 4.90 Å². The largest absolute Gasteiger partial charge is 0.465 e. The van der Waals surface area contributed by atoms with Gasteiger partial charge in [-0.25, -0.2) is 4.79 Å². The van der Waals surface area contributed by atoms with Crippen molar-refractivity contribution in [2.24, 2.45) is 0 Å². The number of fused-ring (bicyclic) bond motifs is 1. The molecular weight excluding hydrogens is 334 g/mol. The minimum Gasteiger partial charge on any atom is -0.465 e. The van der Waals surface area contributed by atoms with Gasteiger partial charge in [0.15, 0.2) is 0 Å². The van der Waals surface area contributed by atoms with Gasteiger partial charge in [0.2, 0.25) is 11.7 Å². The summed E-state index contributed by atoms with van der Waals surface area (Å²) in [6.07, 6.45) is 1.90. The number of anilines is 1. The number of rotatable bonds is 3. The summed E-state index contributed by atoms with van der Waals surface area (Å²) in [5.41, 5.74) is 1.16. The number of nitrogens with one attached hydrogen (secondary N) is 1. The zero-order valence-corrected chi connectivity index (χ0v) is 13.9. The van der Waals surface area contributed by atoms with Crippen LogP contribution >= 0.6 is 11.3 Å². The van der Waals surface area contributed by atoms with Gasteiger partial charge >= 0.3 is 5.97 Å². The number of ether oxygens (including phenoxy) is 1. The summed E-state index contributed by atoms with van der Waals surface area (Å²) in [4.78, 5) is 38.5. The molecule has 9 heteroatoms. The Morgan fingerprint density at radius 3 is 2.83 bits per heavy atom. The van der Waals surface area contributed by atoms with Crippen molar-refractivity contribution in [2.45, 2.75) is 19.9 Å². The molecule has 126 valence electrons. The fourth-order valence-electron chi connectivity index (χ4n) is 2.58. The first kappa shape index (κ1) is 16.2. The Kier molecular flexibility index (Phi) is 4.34. The van der Waals surface area contributed by atoms with Crippen molar-refractivity contribution in [3.63, 3.8) is 0 Å². The summed E-state index contributed by atoms with van der Waals surface area (Å²) in [6.45, 7) is 2.45. The van der Waals surface area contributed by atoms with Gasteiger partial charge in [-0.2, -0.15) is 0 Å². The number of carbonyl (C=O) groups is 3. The molecule has 0 aromatic carbocycles.